The number of carboxylic acid groups (broad SMARTS) is 1. The molecule has 4 N–H and O–H groups in total. The Morgan fingerprint density at radius 1 is 1.35 bits per heavy atom. The molecular formula is C10H20N2O5. The number of hydrogen-bond donors (Lipinski definition) is 4. The van der Waals surface area contributed by atoms with E-state index in [1.807, 2.05) is 13.8 Å². The van der Waals surface area contributed by atoms with Crippen LogP contribution in [0.15, 0.2) is 0 Å². The third-order valence-electron chi connectivity index (χ3n) is 1.77. The fraction of sp³-hybridized carbons (Fsp3) is 0.800. The van der Waals surface area contributed by atoms with E-state index in [4.69, 9.17) is 14.9 Å². The zero-order valence-corrected chi connectivity index (χ0v) is 10.1. The Morgan fingerprint density at radius 3 is 2.47 bits per heavy atom. The predicted octanol–water partition coefficient (Wildman–Crippen LogP) is -0.596. The lowest BCUT2D eigenvalue weighted by Crippen LogP contribution is -2.48. The van der Waals surface area contributed by atoms with Crippen molar-refractivity contribution >= 4 is 12.0 Å². The molecule has 17 heavy (non-hydrogen) atoms. The molecule has 0 aromatic rings. The molecule has 1 atom stereocenters. The maximum absolute atomic E-state index is 11.2. The maximum Gasteiger partial charge on any atom is 0.328 e. The van der Waals surface area contributed by atoms with Crippen LogP contribution in [0.3, 0.4) is 0 Å². The molecule has 0 heterocycles. The third-order valence-corrected chi connectivity index (χ3v) is 1.77. The van der Waals surface area contributed by atoms with Crippen molar-refractivity contribution in [3.63, 3.8) is 0 Å². The summed E-state index contributed by atoms with van der Waals surface area (Å²) in [7, 11) is 0. The van der Waals surface area contributed by atoms with Gasteiger partial charge < -0.3 is 25.6 Å². The molecule has 0 rings (SSSR count). The highest BCUT2D eigenvalue weighted by atomic mass is 16.5. The quantitative estimate of drug-likeness (QED) is 0.429. The summed E-state index contributed by atoms with van der Waals surface area (Å²) in [5.74, 6) is -0.853. The molecule has 0 saturated carbocycles. The number of amides is 2. The maximum atomic E-state index is 11.2. The van der Waals surface area contributed by atoms with Crippen molar-refractivity contribution in [3.05, 3.63) is 0 Å². The lowest BCUT2D eigenvalue weighted by Gasteiger charge is -2.13. The van der Waals surface area contributed by atoms with Crippen LogP contribution in [0.25, 0.3) is 0 Å². The molecule has 2 amide bonds. The second kappa shape index (κ2) is 8.77. The predicted molar refractivity (Wildman–Crippen MR) is 60.7 cm³/mol. The first-order valence-electron chi connectivity index (χ1n) is 5.43. The monoisotopic (exact) mass is 248 g/mol. The molecule has 0 aromatic heterocycles. The summed E-state index contributed by atoms with van der Waals surface area (Å²) in [4.78, 5) is 21.7. The second-order valence-corrected chi connectivity index (χ2v) is 3.94. The van der Waals surface area contributed by atoms with E-state index in [0.717, 1.165) is 0 Å². The molecule has 0 unspecified atom stereocenters. The van der Waals surface area contributed by atoms with Gasteiger partial charge in [0.25, 0.3) is 0 Å². The van der Waals surface area contributed by atoms with E-state index in [9.17, 15) is 9.59 Å². The molecule has 0 fully saturated rings. The molecule has 7 nitrogen and oxygen atoms in total. The number of aliphatic hydroxyl groups is 1. The molecule has 7 heteroatoms. The number of carbonyl (C=O) groups excluding carboxylic acids is 1. The van der Waals surface area contributed by atoms with Gasteiger partial charge in [0.1, 0.15) is 0 Å². The average Bonchev–Trinajstić information content (AvgIpc) is 2.24. The normalized spacial score (nSPS) is 12.2. The summed E-state index contributed by atoms with van der Waals surface area (Å²) in [6.07, 6.45) is 0. The van der Waals surface area contributed by atoms with Gasteiger partial charge in [-0.1, -0.05) is 13.8 Å². The fourth-order valence-electron chi connectivity index (χ4n) is 0.951. The van der Waals surface area contributed by atoms with Gasteiger partial charge in [0.2, 0.25) is 0 Å². The fourth-order valence-corrected chi connectivity index (χ4v) is 0.951. The van der Waals surface area contributed by atoms with Crippen LogP contribution >= 0.6 is 0 Å². The van der Waals surface area contributed by atoms with Gasteiger partial charge in [-0.25, -0.2) is 9.59 Å². The van der Waals surface area contributed by atoms with Crippen molar-refractivity contribution in [2.45, 2.75) is 19.9 Å². The van der Waals surface area contributed by atoms with E-state index in [2.05, 4.69) is 10.6 Å². The van der Waals surface area contributed by atoms with Gasteiger partial charge in [-0.2, -0.15) is 0 Å². The number of carbonyl (C=O) groups is 2. The van der Waals surface area contributed by atoms with Gasteiger partial charge in [-0.15, -0.1) is 0 Å². The summed E-state index contributed by atoms with van der Waals surface area (Å²) in [6, 6.07) is -1.92. The van der Waals surface area contributed by atoms with Crippen molar-refractivity contribution in [2.75, 3.05) is 26.4 Å². The molecule has 0 spiro atoms. The molecule has 0 bridgehead atoms. The van der Waals surface area contributed by atoms with Crippen LogP contribution in [-0.4, -0.2) is 54.6 Å². The van der Waals surface area contributed by atoms with Crippen molar-refractivity contribution in [2.24, 2.45) is 5.92 Å². The van der Waals surface area contributed by atoms with Crippen molar-refractivity contribution in [1.82, 2.24) is 10.6 Å². The summed E-state index contributed by atoms with van der Waals surface area (Å²) in [5.41, 5.74) is 0. The van der Waals surface area contributed by atoms with Gasteiger partial charge in [0, 0.05) is 13.2 Å². The van der Waals surface area contributed by atoms with Gasteiger partial charge in [-0.05, 0) is 5.92 Å². The SMILES string of the molecule is CC(C)COCCNC(=O)N[C@@H](CO)C(=O)O. The highest BCUT2D eigenvalue weighted by molar-refractivity contribution is 5.82. The molecule has 0 aromatic carbocycles. The van der Waals surface area contributed by atoms with E-state index in [1.54, 1.807) is 0 Å². The summed E-state index contributed by atoms with van der Waals surface area (Å²) in [6.45, 7) is 4.64. The lowest BCUT2D eigenvalue weighted by molar-refractivity contribution is -0.140. The lowest BCUT2D eigenvalue weighted by atomic mass is 10.2. The molecule has 0 aliphatic carbocycles. The number of ether oxygens (including phenoxy) is 1. The van der Waals surface area contributed by atoms with Crippen LogP contribution < -0.4 is 10.6 Å². The van der Waals surface area contributed by atoms with Gasteiger partial charge in [-0.3, -0.25) is 0 Å². The highest BCUT2D eigenvalue weighted by Gasteiger charge is 2.17. The zero-order chi connectivity index (χ0) is 13.3. The van der Waals surface area contributed by atoms with Crippen LogP contribution in [0.2, 0.25) is 0 Å². The van der Waals surface area contributed by atoms with Gasteiger partial charge in [0.05, 0.1) is 13.2 Å². The minimum Gasteiger partial charge on any atom is -0.480 e. The number of aliphatic carboxylic acids is 1. The number of rotatable bonds is 8. The first-order chi connectivity index (χ1) is 7.97. The Morgan fingerprint density at radius 2 is 2.00 bits per heavy atom. The molecule has 0 radical (unpaired) electrons. The molecule has 0 saturated heterocycles. The topological polar surface area (TPSA) is 108 Å². The first-order valence-corrected chi connectivity index (χ1v) is 5.43. The first kappa shape index (κ1) is 15.7. The third kappa shape index (κ3) is 8.47. The number of urea groups is 1. The standard InChI is InChI=1S/C10H20N2O5/c1-7(2)6-17-4-3-11-10(16)12-8(5-13)9(14)15/h7-8,13H,3-6H2,1-2H3,(H,14,15)(H2,11,12,16)/t8-/m0/s1. The van der Waals surface area contributed by atoms with E-state index >= 15 is 0 Å². The van der Waals surface area contributed by atoms with E-state index < -0.39 is 24.6 Å². The van der Waals surface area contributed by atoms with Crippen LogP contribution in [0.1, 0.15) is 13.8 Å². The Kier molecular flexibility index (Phi) is 8.08. The zero-order valence-electron chi connectivity index (χ0n) is 10.1. The van der Waals surface area contributed by atoms with E-state index in [-0.39, 0.29) is 6.54 Å². The molecular weight excluding hydrogens is 228 g/mol. The largest absolute Gasteiger partial charge is 0.480 e. The van der Waals surface area contributed by atoms with Crippen LogP contribution in [-0.2, 0) is 9.53 Å². The number of carboxylic acids is 1. The van der Waals surface area contributed by atoms with Crippen molar-refractivity contribution < 1.29 is 24.5 Å². The second-order valence-electron chi connectivity index (χ2n) is 3.94. The van der Waals surface area contributed by atoms with Gasteiger partial charge >= 0.3 is 12.0 Å². The van der Waals surface area contributed by atoms with E-state index in [0.29, 0.717) is 19.1 Å². The summed E-state index contributed by atoms with van der Waals surface area (Å²) >= 11 is 0. The summed E-state index contributed by atoms with van der Waals surface area (Å²) in [5, 5.41) is 21.8. The van der Waals surface area contributed by atoms with Crippen LogP contribution in [0.4, 0.5) is 4.79 Å². The van der Waals surface area contributed by atoms with Crippen LogP contribution in [0, 0.1) is 5.92 Å². The number of nitrogens with one attached hydrogen (secondary N) is 2. The molecule has 0 aliphatic rings. The van der Waals surface area contributed by atoms with E-state index in [1.165, 1.54) is 0 Å². The molecule has 0 aliphatic heterocycles. The van der Waals surface area contributed by atoms with Crippen molar-refractivity contribution in [3.8, 4) is 0 Å². The smallest absolute Gasteiger partial charge is 0.328 e. The Hall–Kier alpha value is -1.34. The highest BCUT2D eigenvalue weighted by Crippen LogP contribution is 1.91. The van der Waals surface area contributed by atoms with Crippen LogP contribution in [0.5, 0.6) is 0 Å². The van der Waals surface area contributed by atoms with Gasteiger partial charge in [0.15, 0.2) is 6.04 Å². The molecule has 100 valence electrons. The Balaban J connectivity index is 3.62. The number of hydrogen-bond acceptors (Lipinski definition) is 4. The Labute approximate surface area is 100 Å². The Bertz CT molecular complexity index is 245. The minimum absolute atomic E-state index is 0.288. The summed E-state index contributed by atoms with van der Waals surface area (Å²) < 4.78 is 5.22. The van der Waals surface area contributed by atoms with Crippen molar-refractivity contribution in [1.29, 1.82) is 0 Å². The number of aliphatic hydroxyl groups excluding tert-OH is 1. The minimum atomic E-state index is -1.29. The average molecular weight is 248 g/mol.